The molecule has 0 bridgehead atoms. The number of benzene rings is 1. The van der Waals surface area contributed by atoms with Gasteiger partial charge in [0.15, 0.2) is 11.6 Å². The van der Waals surface area contributed by atoms with E-state index < -0.39 is 0 Å². The molecule has 1 unspecified atom stereocenters. The summed E-state index contributed by atoms with van der Waals surface area (Å²) < 4.78 is 22.6. The molecule has 1 N–H and O–H groups in total. The van der Waals surface area contributed by atoms with Crippen molar-refractivity contribution in [3.05, 3.63) is 40.7 Å². The fraction of sp³-hybridized carbons (Fsp3) is 0.385. The van der Waals surface area contributed by atoms with Crippen molar-refractivity contribution in [2.24, 2.45) is 0 Å². The number of ether oxygens (including phenoxy) is 1. The van der Waals surface area contributed by atoms with Crippen LogP contribution in [0.2, 0.25) is 0 Å². The maximum atomic E-state index is 13.8. The lowest BCUT2D eigenvalue weighted by atomic mass is 10.0. The largest absolute Gasteiger partial charge is 0.494 e. The predicted octanol–water partition coefficient (Wildman–Crippen LogP) is 2.77. The highest BCUT2D eigenvalue weighted by Crippen LogP contribution is 2.25. The normalized spacial score (nSPS) is 12.4. The Kier molecular flexibility index (Phi) is 4.81. The smallest absolute Gasteiger partial charge is 0.165 e. The third kappa shape index (κ3) is 3.27. The van der Waals surface area contributed by atoms with E-state index in [0.29, 0.717) is 0 Å². The van der Waals surface area contributed by atoms with Gasteiger partial charge in [-0.15, -0.1) is 5.10 Å². The molecular formula is C13H16FN3OS. The van der Waals surface area contributed by atoms with Gasteiger partial charge >= 0.3 is 0 Å². The van der Waals surface area contributed by atoms with Crippen LogP contribution in [0.4, 0.5) is 4.39 Å². The number of hydrogen-bond donors (Lipinski definition) is 1. The Morgan fingerprint density at radius 3 is 2.89 bits per heavy atom. The van der Waals surface area contributed by atoms with Crippen LogP contribution in [0.25, 0.3) is 0 Å². The summed E-state index contributed by atoms with van der Waals surface area (Å²) in [5.41, 5.74) is 1.63. The van der Waals surface area contributed by atoms with Gasteiger partial charge in [-0.25, -0.2) is 4.39 Å². The van der Waals surface area contributed by atoms with Gasteiger partial charge in [-0.3, -0.25) is 0 Å². The maximum absolute atomic E-state index is 13.8. The van der Waals surface area contributed by atoms with Crippen molar-refractivity contribution in [3.8, 4) is 5.75 Å². The molecule has 1 heterocycles. The molecule has 19 heavy (non-hydrogen) atoms. The van der Waals surface area contributed by atoms with E-state index in [1.54, 1.807) is 6.07 Å². The van der Waals surface area contributed by atoms with Crippen LogP contribution in [-0.4, -0.2) is 23.2 Å². The summed E-state index contributed by atoms with van der Waals surface area (Å²) in [7, 11) is 1.45. The summed E-state index contributed by atoms with van der Waals surface area (Å²) in [5.74, 6) is -0.124. The average molecular weight is 281 g/mol. The summed E-state index contributed by atoms with van der Waals surface area (Å²) in [6, 6.07) is 4.81. The van der Waals surface area contributed by atoms with Gasteiger partial charge in [-0.05, 0) is 42.2 Å². The van der Waals surface area contributed by atoms with Gasteiger partial charge in [0.2, 0.25) is 0 Å². The fourth-order valence-electron chi connectivity index (χ4n) is 1.84. The molecule has 2 aromatic rings. The highest BCUT2D eigenvalue weighted by Gasteiger charge is 2.17. The number of rotatable bonds is 6. The molecule has 1 aromatic carbocycles. The van der Waals surface area contributed by atoms with E-state index >= 15 is 0 Å². The summed E-state index contributed by atoms with van der Waals surface area (Å²) in [6.45, 7) is 2.91. The van der Waals surface area contributed by atoms with E-state index in [4.69, 9.17) is 4.74 Å². The second kappa shape index (κ2) is 6.58. The van der Waals surface area contributed by atoms with Crippen LogP contribution in [0.5, 0.6) is 5.75 Å². The van der Waals surface area contributed by atoms with E-state index in [1.165, 1.54) is 24.7 Å². The first kappa shape index (κ1) is 13.9. The van der Waals surface area contributed by atoms with Crippen LogP contribution in [0.15, 0.2) is 23.6 Å². The van der Waals surface area contributed by atoms with E-state index in [-0.39, 0.29) is 17.6 Å². The molecule has 0 aliphatic heterocycles. The molecule has 0 amide bonds. The molecular weight excluding hydrogens is 265 g/mol. The minimum Gasteiger partial charge on any atom is -0.494 e. The van der Waals surface area contributed by atoms with Gasteiger partial charge in [-0.2, -0.15) is 0 Å². The lowest BCUT2D eigenvalue weighted by Gasteiger charge is -2.17. The summed E-state index contributed by atoms with van der Waals surface area (Å²) >= 11 is 1.29. The molecule has 0 radical (unpaired) electrons. The van der Waals surface area contributed by atoms with E-state index in [9.17, 15) is 4.39 Å². The van der Waals surface area contributed by atoms with Crippen LogP contribution < -0.4 is 10.1 Å². The van der Waals surface area contributed by atoms with Gasteiger partial charge < -0.3 is 10.1 Å². The number of nitrogens with one attached hydrogen (secondary N) is 1. The molecule has 6 heteroatoms. The molecule has 0 saturated heterocycles. The highest BCUT2D eigenvalue weighted by atomic mass is 32.1. The van der Waals surface area contributed by atoms with Gasteiger partial charge in [0.05, 0.1) is 18.8 Å². The lowest BCUT2D eigenvalue weighted by molar-refractivity contribution is 0.385. The number of hydrogen-bond acceptors (Lipinski definition) is 5. The zero-order valence-corrected chi connectivity index (χ0v) is 11.7. The van der Waals surface area contributed by atoms with E-state index in [1.807, 2.05) is 11.4 Å². The van der Waals surface area contributed by atoms with Gasteiger partial charge in [0, 0.05) is 5.38 Å². The first-order valence-electron chi connectivity index (χ1n) is 6.10. The molecule has 0 saturated carbocycles. The monoisotopic (exact) mass is 281 g/mol. The van der Waals surface area contributed by atoms with Crippen molar-refractivity contribution in [1.29, 1.82) is 0 Å². The van der Waals surface area contributed by atoms with E-state index in [2.05, 4.69) is 21.8 Å². The molecule has 0 aliphatic rings. The average Bonchev–Trinajstić information content (AvgIpc) is 2.93. The minimum atomic E-state index is -0.369. The zero-order chi connectivity index (χ0) is 13.7. The third-order valence-corrected chi connectivity index (χ3v) is 3.30. The summed E-state index contributed by atoms with van der Waals surface area (Å²) in [5, 5.41) is 9.29. The van der Waals surface area contributed by atoms with Crippen molar-refractivity contribution in [1.82, 2.24) is 14.9 Å². The predicted molar refractivity (Wildman–Crippen MR) is 73.0 cm³/mol. The Balaban J connectivity index is 2.30. The Labute approximate surface area is 115 Å². The topological polar surface area (TPSA) is 47.0 Å². The van der Waals surface area contributed by atoms with Crippen molar-refractivity contribution < 1.29 is 9.13 Å². The first-order valence-corrected chi connectivity index (χ1v) is 6.93. The van der Waals surface area contributed by atoms with Crippen molar-refractivity contribution in [2.45, 2.75) is 19.4 Å². The molecule has 0 fully saturated rings. The maximum Gasteiger partial charge on any atom is 0.165 e. The van der Waals surface area contributed by atoms with Crippen molar-refractivity contribution in [2.75, 3.05) is 13.7 Å². The Morgan fingerprint density at radius 2 is 2.32 bits per heavy atom. The quantitative estimate of drug-likeness (QED) is 0.884. The van der Waals surface area contributed by atoms with Gasteiger partial charge in [-0.1, -0.05) is 17.5 Å². The summed E-state index contributed by atoms with van der Waals surface area (Å²) in [6.07, 6.45) is 0.993. The molecule has 1 aromatic heterocycles. The fourth-order valence-corrected chi connectivity index (χ4v) is 2.32. The lowest BCUT2D eigenvalue weighted by Crippen LogP contribution is -2.23. The number of methoxy groups -OCH3 is 1. The number of halogens is 1. The Bertz CT molecular complexity index is 519. The number of nitrogens with zero attached hydrogens (tertiary/aromatic N) is 2. The standard InChI is InChI=1S/C13H16FN3OS/c1-3-6-15-13(11-8-19-17-16-11)9-4-5-12(18-2)10(14)7-9/h4-5,7-8,13,15H,3,6H2,1-2H3. The molecule has 0 aliphatic carbocycles. The molecule has 102 valence electrons. The highest BCUT2D eigenvalue weighted by molar-refractivity contribution is 7.03. The van der Waals surface area contributed by atoms with E-state index in [0.717, 1.165) is 24.2 Å². The van der Waals surface area contributed by atoms with Crippen LogP contribution in [0.3, 0.4) is 0 Å². The minimum absolute atomic E-state index is 0.140. The first-order chi connectivity index (χ1) is 9.26. The Hall–Kier alpha value is -1.53. The SMILES string of the molecule is CCCNC(c1ccc(OC)c(F)c1)c1csnn1. The van der Waals surface area contributed by atoms with Crippen molar-refractivity contribution in [3.63, 3.8) is 0 Å². The zero-order valence-electron chi connectivity index (χ0n) is 10.9. The molecule has 2 rings (SSSR count). The number of aromatic nitrogens is 2. The Morgan fingerprint density at radius 1 is 1.47 bits per heavy atom. The van der Waals surface area contributed by atoms with Gasteiger partial charge in [0.1, 0.15) is 0 Å². The molecule has 0 spiro atoms. The van der Waals surface area contributed by atoms with Crippen molar-refractivity contribution >= 4 is 11.5 Å². The molecule has 4 nitrogen and oxygen atoms in total. The second-order valence-electron chi connectivity index (χ2n) is 4.11. The van der Waals surface area contributed by atoms with Crippen LogP contribution in [0.1, 0.15) is 30.6 Å². The van der Waals surface area contributed by atoms with Crippen LogP contribution in [0, 0.1) is 5.82 Å². The second-order valence-corrected chi connectivity index (χ2v) is 4.72. The van der Waals surface area contributed by atoms with Crippen LogP contribution in [-0.2, 0) is 0 Å². The van der Waals surface area contributed by atoms with Gasteiger partial charge in [0.25, 0.3) is 0 Å². The van der Waals surface area contributed by atoms with Crippen LogP contribution >= 0.6 is 11.5 Å². The third-order valence-electron chi connectivity index (χ3n) is 2.78. The summed E-state index contributed by atoms with van der Waals surface area (Å²) in [4.78, 5) is 0. The molecule has 1 atom stereocenters.